The lowest BCUT2D eigenvalue weighted by molar-refractivity contribution is -0.116. The highest BCUT2D eigenvalue weighted by atomic mass is 32.2. The van der Waals surface area contributed by atoms with Crippen LogP contribution in [0.5, 0.6) is 0 Å². The second-order valence-corrected chi connectivity index (χ2v) is 10.9. The standard InChI is InChI=1S/C19H30OS/c1-18-8-7-14-12(13(18)5-6-17(18)20)4-3-11-9-15-16(21-15)10-19(11,14)2/h11-17,20H,3-10H2,1-2H3/t11-,12+,13-,14+,15-,16+,17-,18-,19-/m1/s1. The van der Waals surface area contributed by atoms with Crippen LogP contribution in [0.1, 0.15) is 65.2 Å². The molecule has 9 atom stereocenters. The van der Waals surface area contributed by atoms with Crippen LogP contribution in [-0.4, -0.2) is 21.7 Å². The molecule has 0 unspecified atom stereocenters. The molecule has 5 fully saturated rings. The summed E-state index contributed by atoms with van der Waals surface area (Å²) < 4.78 is 0. The summed E-state index contributed by atoms with van der Waals surface area (Å²) in [5, 5.41) is 12.6. The summed E-state index contributed by atoms with van der Waals surface area (Å²) in [6.07, 6.45) is 11.1. The molecule has 1 saturated heterocycles. The molecule has 0 amide bonds. The minimum absolute atomic E-state index is 0.0105. The van der Waals surface area contributed by atoms with Crippen LogP contribution in [0, 0.1) is 34.5 Å². The molecule has 1 N–H and O–H groups in total. The van der Waals surface area contributed by atoms with E-state index in [2.05, 4.69) is 25.6 Å². The minimum atomic E-state index is -0.0105. The molecule has 0 spiro atoms. The van der Waals surface area contributed by atoms with Crippen molar-refractivity contribution >= 4 is 11.8 Å². The number of rotatable bonds is 0. The van der Waals surface area contributed by atoms with E-state index in [0.29, 0.717) is 5.41 Å². The maximum atomic E-state index is 10.5. The highest BCUT2D eigenvalue weighted by Gasteiger charge is 2.63. The van der Waals surface area contributed by atoms with Crippen molar-refractivity contribution in [3.63, 3.8) is 0 Å². The number of hydrogen-bond donors (Lipinski definition) is 1. The molecular weight excluding hydrogens is 276 g/mol. The Morgan fingerprint density at radius 1 is 0.905 bits per heavy atom. The molecule has 5 rings (SSSR count). The Hall–Kier alpha value is 0.310. The Balaban J connectivity index is 1.47. The molecule has 0 aromatic rings. The van der Waals surface area contributed by atoms with E-state index in [9.17, 15) is 5.11 Å². The van der Waals surface area contributed by atoms with Crippen LogP contribution in [0.15, 0.2) is 0 Å². The van der Waals surface area contributed by atoms with E-state index in [0.717, 1.165) is 40.6 Å². The molecule has 118 valence electrons. The Morgan fingerprint density at radius 2 is 1.71 bits per heavy atom. The van der Waals surface area contributed by atoms with Crippen LogP contribution in [0.25, 0.3) is 0 Å². The Morgan fingerprint density at radius 3 is 2.57 bits per heavy atom. The average molecular weight is 307 g/mol. The Bertz CT molecular complexity index is 464. The van der Waals surface area contributed by atoms with Gasteiger partial charge in [0.2, 0.25) is 0 Å². The van der Waals surface area contributed by atoms with E-state index in [-0.39, 0.29) is 11.5 Å². The molecule has 0 bridgehead atoms. The fraction of sp³-hybridized carbons (Fsp3) is 1.00. The van der Waals surface area contributed by atoms with Crippen molar-refractivity contribution < 1.29 is 5.11 Å². The van der Waals surface area contributed by atoms with Gasteiger partial charge in [-0.15, -0.1) is 0 Å². The lowest BCUT2D eigenvalue weighted by atomic mass is 9.45. The van der Waals surface area contributed by atoms with Crippen molar-refractivity contribution in [1.29, 1.82) is 0 Å². The Labute approximate surface area is 133 Å². The molecule has 4 saturated carbocycles. The third-order valence-electron chi connectivity index (χ3n) is 8.86. The van der Waals surface area contributed by atoms with Gasteiger partial charge in [-0.25, -0.2) is 0 Å². The van der Waals surface area contributed by atoms with Gasteiger partial charge in [-0.3, -0.25) is 0 Å². The van der Waals surface area contributed by atoms with Gasteiger partial charge in [0.05, 0.1) is 6.10 Å². The maximum absolute atomic E-state index is 10.5. The molecular formula is C19H30OS. The summed E-state index contributed by atoms with van der Waals surface area (Å²) in [7, 11) is 0. The summed E-state index contributed by atoms with van der Waals surface area (Å²) in [6, 6.07) is 0. The van der Waals surface area contributed by atoms with E-state index in [1.165, 1.54) is 44.9 Å². The molecule has 1 aliphatic heterocycles. The second-order valence-electron chi connectivity index (χ2n) is 9.45. The lowest BCUT2D eigenvalue weighted by Gasteiger charge is -2.60. The van der Waals surface area contributed by atoms with Crippen LogP contribution >= 0.6 is 11.8 Å². The predicted octanol–water partition coefficient (Wildman–Crippen LogP) is 4.48. The van der Waals surface area contributed by atoms with Gasteiger partial charge in [0.25, 0.3) is 0 Å². The van der Waals surface area contributed by atoms with Crippen LogP contribution in [0.4, 0.5) is 0 Å². The van der Waals surface area contributed by atoms with E-state index >= 15 is 0 Å². The van der Waals surface area contributed by atoms with Gasteiger partial charge in [0.1, 0.15) is 0 Å². The van der Waals surface area contributed by atoms with Crippen LogP contribution in [0.3, 0.4) is 0 Å². The van der Waals surface area contributed by atoms with E-state index < -0.39 is 0 Å². The van der Waals surface area contributed by atoms with Crippen LogP contribution < -0.4 is 0 Å². The van der Waals surface area contributed by atoms with Gasteiger partial charge < -0.3 is 5.11 Å². The fourth-order valence-electron chi connectivity index (χ4n) is 7.49. The molecule has 4 aliphatic carbocycles. The van der Waals surface area contributed by atoms with Crippen LogP contribution in [0.2, 0.25) is 0 Å². The zero-order chi connectivity index (χ0) is 14.4. The maximum Gasteiger partial charge on any atom is 0.0596 e. The van der Waals surface area contributed by atoms with E-state index in [1.807, 2.05) is 0 Å². The van der Waals surface area contributed by atoms with Crippen molar-refractivity contribution in [1.82, 2.24) is 0 Å². The van der Waals surface area contributed by atoms with Crippen molar-refractivity contribution in [2.45, 2.75) is 81.8 Å². The number of aliphatic hydroxyl groups is 1. The summed E-state index contributed by atoms with van der Waals surface area (Å²) in [4.78, 5) is 0. The quantitative estimate of drug-likeness (QED) is 0.666. The summed E-state index contributed by atoms with van der Waals surface area (Å²) in [6.45, 7) is 5.07. The SMILES string of the molecule is C[C@@]12CC[C@H]3[C@@H](CC[C@@H]4C[C@H]5S[C@H]5C[C@]43C)[C@H]1CC[C@H]2O. The molecule has 2 heteroatoms. The zero-order valence-electron chi connectivity index (χ0n) is 13.6. The monoisotopic (exact) mass is 306 g/mol. The molecule has 1 nitrogen and oxygen atoms in total. The summed E-state index contributed by atoms with van der Waals surface area (Å²) in [5.74, 6) is 3.75. The number of thioether (sulfide) groups is 1. The van der Waals surface area contributed by atoms with Gasteiger partial charge in [-0.2, -0.15) is 11.8 Å². The van der Waals surface area contributed by atoms with E-state index in [1.54, 1.807) is 0 Å². The third kappa shape index (κ3) is 1.70. The number of aliphatic hydroxyl groups excluding tert-OH is 1. The molecule has 0 radical (unpaired) electrons. The smallest absolute Gasteiger partial charge is 0.0596 e. The van der Waals surface area contributed by atoms with Gasteiger partial charge in [-0.05, 0) is 85.9 Å². The van der Waals surface area contributed by atoms with E-state index in [4.69, 9.17) is 0 Å². The number of hydrogen-bond acceptors (Lipinski definition) is 2. The first-order chi connectivity index (χ1) is 10.0. The van der Waals surface area contributed by atoms with Gasteiger partial charge in [0.15, 0.2) is 0 Å². The molecule has 21 heavy (non-hydrogen) atoms. The first-order valence-corrected chi connectivity index (χ1v) is 10.3. The normalized spacial score (nSPS) is 65.0. The lowest BCUT2D eigenvalue weighted by Crippen LogP contribution is -2.54. The first kappa shape index (κ1) is 13.7. The molecule has 0 aromatic heterocycles. The molecule has 0 aromatic carbocycles. The largest absolute Gasteiger partial charge is 0.393 e. The Kier molecular flexibility index (Phi) is 2.76. The summed E-state index contributed by atoms with van der Waals surface area (Å²) in [5.41, 5.74) is 0.901. The highest BCUT2D eigenvalue weighted by molar-refractivity contribution is 8.07. The summed E-state index contributed by atoms with van der Waals surface area (Å²) >= 11 is 2.28. The van der Waals surface area contributed by atoms with Gasteiger partial charge in [-0.1, -0.05) is 13.8 Å². The zero-order valence-corrected chi connectivity index (χ0v) is 14.4. The number of fused-ring (bicyclic) bond motifs is 6. The second kappa shape index (κ2) is 4.23. The predicted molar refractivity (Wildman–Crippen MR) is 88.3 cm³/mol. The van der Waals surface area contributed by atoms with Gasteiger partial charge in [0, 0.05) is 10.5 Å². The van der Waals surface area contributed by atoms with Gasteiger partial charge >= 0.3 is 0 Å². The fourth-order valence-corrected chi connectivity index (χ4v) is 8.86. The highest BCUT2D eigenvalue weighted by Crippen LogP contribution is 2.70. The van der Waals surface area contributed by atoms with Crippen molar-refractivity contribution in [3.05, 3.63) is 0 Å². The van der Waals surface area contributed by atoms with Crippen molar-refractivity contribution in [2.75, 3.05) is 0 Å². The topological polar surface area (TPSA) is 20.2 Å². The first-order valence-electron chi connectivity index (χ1n) is 9.36. The average Bonchev–Trinajstić information content (AvgIpc) is 3.12. The van der Waals surface area contributed by atoms with Crippen molar-refractivity contribution in [3.8, 4) is 0 Å². The minimum Gasteiger partial charge on any atom is -0.393 e. The van der Waals surface area contributed by atoms with Crippen LogP contribution in [-0.2, 0) is 0 Å². The molecule has 5 aliphatic rings. The van der Waals surface area contributed by atoms with Crippen molar-refractivity contribution in [2.24, 2.45) is 34.5 Å². The molecule has 1 heterocycles. The third-order valence-corrected chi connectivity index (χ3v) is 10.3.